The van der Waals surface area contributed by atoms with Gasteiger partial charge in [-0.2, -0.15) is 5.10 Å². The Balaban J connectivity index is 2.04. The Labute approximate surface area is 144 Å². The number of methoxy groups -OCH3 is 1. The normalized spacial score (nSPS) is 10.4. The van der Waals surface area contributed by atoms with Crippen LogP contribution in [0.2, 0.25) is 0 Å². The van der Waals surface area contributed by atoms with Crippen molar-refractivity contribution in [3.8, 4) is 0 Å². The van der Waals surface area contributed by atoms with Crippen molar-refractivity contribution >= 4 is 17.6 Å². The van der Waals surface area contributed by atoms with Crippen LogP contribution in [-0.2, 0) is 22.5 Å². The SMILES string of the molecule is COCCn1nc(C(=O)Nc2ccc(CCC(=O)O)cc2)ccc1=O. The van der Waals surface area contributed by atoms with E-state index in [9.17, 15) is 14.4 Å². The molecular formula is C17H19N3O5. The van der Waals surface area contributed by atoms with Gasteiger partial charge in [-0.15, -0.1) is 0 Å². The molecule has 2 aromatic rings. The summed E-state index contributed by atoms with van der Waals surface area (Å²) >= 11 is 0. The van der Waals surface area contributed by atoms with Crippen LogP contribution in [0.1, 0.15) is 22.5 Å². The molecule has 8 nitrogen and oxygen atoms in total. The molecular weight excluding hydrogens is 326 g/mol. The molecule has 0 atom stereocenters. The first kappa shape index (κ1) is 18.3. The zero-order valence-corrected chi connectivity index (χ0v) is 13.8. The molecule has 0 unspecified atom stereocenters. The van der Waals surface area contributed by atoms with Gasteiger partial charge in [0.1, 0.15) is 5.69 Å². The lowest BCUT2D eigenvalue weighted by atomic mass is 10.1. The summed E-state index contributed by atoms with van der Waals surface area (Å²) in [6.45, 7) is 0.574. The molecule has 132 valence electrons. The summed E-state index contributed by atoms with van der Waals surface area (Å²) in [6, 6.07) is 9.54. The van der Waals surface area contributed by atoms with Crippen molar-refractivity contribution in [1.29, 1.82) is 0 Å². The minimum absolute atomic E-state index is 0.0542. The summed E-state index contributed by atoms with van der Waals surface area (Å²) in [5.41, 5.74) is 1.23. The molecule has 2 N–H and O–H groups in total. The van der Waals surface area contributed by atoms with Crippen molar-refractivity contribution in [2.75, 3.05) is 19.0 Å². The van der Waals surface area contributed by atoms with Gasteiger partial charge in [0.15, 0.2) is 0 Å². The third-order valence-electron chi connectivity index (χ3n) is 3.45. The topological polar surface area (TPSA) is 111 Å². The summed E-state index contributed by atoms with van der Waals surface area (Å²) in [7, 11) is 1.52. The van der Waals surface area contributed by atoms with Crippen LogP contribution in [-0.4, -0.2) is 40.5 Å². The largest absolute Gasteiger partial charge is 0.481 e. The van der Waals surface area contributed by atoms with Gasteiger partial charge in [0.25, 0.3) is 11.5 Å². The van der Waals surface area contributed by atoms with E-state index in [1.807, 2.05) is 0 Å². The number of anilines is 1. The van der Waals surface area contributed by atoms with Crippen LogP contribution in [0.4, 0.5) is 5.69 Å². The van der Waals surface area contributed by atoms with Gasteiger partial charge in [-0.25, -0.2) is 4.68 Å². The molecule has 0 fully saturated rings. The highest BCUT2D eigenvalue weighted by Gasteiger charge is 2.10. The molecule has 0 spiro atoms. The van der Waals surface area contributed by atoms with Crippen LogP contribution in [0.3, 0.4) is 0 Å². The number of hydrogen-bond acceptors (Lipinski definition) is 5. The van der Waals surface area contributed by atoms with E-state index in [0.717, 1.165) is 5.56 Å². The molecule has 8 heteroatoms. The second kappa shape index (κ2) is 8.74. The van der Waals surface area contributed by atoms with Gasteiger partial charge in [-0.05, 0) is 30.2 Å². The van der Waals surface area contributed by atoms with Crippen molar-refractivity contribution < 1.29 is 19.4 Å². The number of amides is 1. The first-order valence-electron chi connectivity index (χ1n) is 7.69. The minimum Gasteiger partial charge on any atom is -0.481 e. The molecule has 1 aromatic carbocycles. The summed E-state index contributed by atoms with van der Waals surface area (Å²) in [4.78, 5) is 34.5. The first-order valence-corrected chi connectivity index (χ1v) is 7.69. The highest BCUT2D eigenvalue weighted by molar-refractivity contribution is 6.02. The molecule has 2 rings (SSSR count). The summed E-state index contributed by atoms with van der Waals surface area (Å²) < 4.78 is 6.08. The Hall–Kier alpha value is -3.00. The Morgan fingerprint density at radius 3 is 2.56 bits per heavy atom. The number of rotatable bonds is 8. The average Bonchev–Trinajstić information content (AvgIpc) is 2.60. The molecule has 0 aliphatic rings. The van der Waals surface area contributed by atoms with Crippen molar-refractivity contribution in [2.24, 2.45) is 0 Å². The van der Waals surface area contributed by atoms with Crippen molar-refractivity contribution in [1.82, 2.24) is 9.78 Å². The average molecular weight is 345 g/mol. The third-order valence-corrected chi connectivity index (χ3v) is 3.45. The Kier molecular flexibility index (Phi) is 6.41. The molecule has 1 aromatic heterocycles. The van der Waals surface area contributed by atoms with Crippen LogP contribution in [0.25, 0.3) is 0 Å². The molecule has 1 amide bonds. The Morgan fingerprint density at radius 1 is 1.20 bits per heavy atom. The van der Waals surface area contributed by atoms with Gasteiger partial charge in [-0.1, -0.05) is 12.1 Å². The van der Waals surface area contributed by atoms with Gasteiger partial charge in [0, 0.05) is 25.3 Å². The highest BCUT2D eigenvalue weighted by Crippen LogP contribution is 2.12. The Bertz CT molecular complexity index is 799. The van der Waals surface area contributed by atoms with Crippen LogP contribution in [0.15, 0.2) is 41.2 Å². The monoisotopic (exact) mass is 345 g/mol. The molecule has 0 radical (unpaired) electrons. The zero-order valence-electron chi connectivity index (χ0n) is 13.8. The second-order valence-electron chi connectivity index (χ2n) is 5.32. The number of nitrogens with zero attached hydrogens (tertiary/aromatic N) is 2. The smallest absolute Gasteiger partial charge is 0.303 e. The predicted molar refractivity (Wildman–Crippen MR) is 90.7 cm³/mol. The summed E-state index contributed by atoms with van der Waals surface area (Å²) in [6.07, 6.45) is 0.480. The number of nitrogens with one attached hydrogen (secondary N) is 1. The third kappa shape index (κ3) is 5.54. The number of carboxylic acid groups (broad SMARTS) is 1. The Morgan fingerprint density at radius 2 is 1.92 bits per heavy atom. The highest BCUT2D eigenvalue weighted by atomic mass is 16.5. The molecule has 0 bridgehead atoms. The van der Waals surface area contributed by atoms with Gasteiger partial charge in [0.05, 0.1) is 13.2 Å². The van der Waals surface area contributed by atoms with E-state index >= 15 is 0 Å². The lowest BCUT2D eigenvalue weighted by molar-refractivity contribution is -0.136. The predicted octanol–water partition coefficient (Wildman–Crippen LogP) is 1.16. The number of carbonyl (C=O) groups excluding carboxylic acids is 1. The fourth-order valence-electron chi connectivity index (χ4n) is 2.11. The fourth-order valence-corrected chi connectivity index (χ4v) is 2.11. The summed E-state index contributed by atoms with van der Waals surface area (Å²) in [5.74, 6) is -1.29. The van der Waals surface area contributed by atoms with E-state index in [2.05, 4.69) is 10.4 Å². The van der Waals surface area contributed by atoms with Gasteiger partial charge in [-0.3, -0.25) is 14.4 Å². The maximum atomic E-state index is 12.3. The number of benzene rings is 1. The molecule has 0 aliphatic carbocycles. The molecule has 1 heterocycles. The van der Waals surface area contributed by atoms with E-state index in [-0.39, 0.29) is 24.2 Å². The molecule has 25 heavy (non-hydrogen) atoms. The first-order chi connectivity index (χ1) is 12.0. The molecule has 0 saturated heterocycles. The lowest BCUT2D eigenvalue weighted by Crippen LogP contribution is -2.27. The minimum atomic E-state index is -0.855. The number of aliphatic carboxylic acids is 1. The van der Waals surface area contributed by atoms with Crippen LogP contribution in [0.5, 0.6) is 0 Å². The van der Waals surface area contributed by atoms with Gasteiger partial charge in [0.2, 0.25) is 0 Å². The molecule has 0 aliphatic heterocycles. The van der Waals surface area contributed by atoms with Gasteiger partial charge < -0.3 is 15.2 Å². The van der Waals surface area contributed by atoms with Crippen LogP contribution in [0, 0.1) is 0 Å². The number of ether oxygens (including phenoxy) is 1. The van der Waals surface area contributed by atoms with Crippen molar-refractivity contribution in [3.05, 3.63) is 58.0 Å². The standard InChI is InChI=1S/C17H19N3O5/c1-25-11-10-20-15(21)8-7-14(19-20)17(24)18-13-5-2-12(3-6-13)4-9-16(22)23/h2-3,5-8H,4,9-11H2,1H3,(H,18,24)(H,22,23). The number of aryl methyl sites for hydroxylation is 1. The van der Waals surface area contributed by atoms with E-state index in [0.29, 0.717) is 18.7 Å². The quantitative estimate of drug-likeness (QED) is 0.743. The van der Waals surface area contributed by atoms with E-state index in [1.165, 1.54) is 23.9 Å². The van der Waals surface area contributed by atoms with E-state index < -0.39 is 11.9 Å². The number of hydrogen-bond donors (Lipinski definition) is 2. The van der Waals surface area contributed by atoms with Crippen LogP contribution < -0.4 is 10.9 Å². The van der Waals surface area contributed by atoms with E-state index in [1.54, 1.807) is 24.3 Å². The van der Waals surface area contributed by atoms with Crippen LogP contribution >= 0.6 is 0 Å². The fraction of sp³-hybridized carbons (Fsp3) is 0.294. The number of carbonyl (C=O) groups is 2. The maximum absolute atomic E-state index is 12.3. The summed E-state index contributed by atoms with van der Waals surface area (Å²) in [5, 5.41) is 15.4. The molecule has 0 saturated carbocycles. The van der Waals surface area contributed by atoms with Gasteiger partial charge >= 0.3 is 5.97 Å². The maximum Gasteiger partial charge on any atom is 0.303 e. The number of aromatic nitrogens is 2. The second-order valence-corrected chi connectivity index (χ2v) is 5.32. The zero-order chi connectivity index (χ0) is 18.2. The van der Waals surface area contributed by atoms with E-state index in [4.69, 9.17) is 9.84 Å². The lowest BCUT2D eigenvalue weighted by Gasteiger charge is -2.08. The van der Waals surface area contributed by atoms with Crippen molar-refractivity contribution in [3.63, 3.8) is 0 Å². The van der Waals surface area contributed by atoms with Crippen molar-refractivity contribution in [2.45, 2.75) is 19.4 Å². The number of carboxylic acids is 1.